The van der Waals surface area contributed by atoms with Crippen LogP contribution in [-0.4, -0.2) is 34.2 Å². The topological polar surface area (TPSA) is 89.9 Å². The molecule has 0 aromatic carbocycles. The summed E-state index contributed by atoms with van der Waals surface area (Å²) in [5.74, 6) is 0.580. The first-order chi connectivity index (χ1) is 15.4. The third-order valence-electron chi connectivity index (χ3n) is 6.56. The summed E-state index contributed by atoms with van der Waals surface area (Å²) in [7, 11) is 0. The van der Waals surface area contributed by atoms with Crippen LogP contribution in [0.5, 0.6) is 0 Å². The molecular weight excluding hydrogens is 444 g/mol. The van der Waals surface area contributed by atoms with Gasteiger partial charge in [-0.1, -0.05) is 44.6 Å². The van der Waals surface area contributed by atoms with E-state index in [9.17, 15) is 19.5 Å². The molecule has 204 valence electrons. The molecule has 4 atom stereocenters. The fraction of sp³-hybridized carbons (Fsp3) is 0.759. The van der Waals surface area contributed by atoms with E-state index in [4.69, 9.17) is 4.74 Å². The number of allylic oxidation sites excluding steroid dienone is 4. The Hall–Kier alpha value is -1.95. The number of hydrogen-bond acceptors (Lipinski definition) is 6. The largest absolute Gasteiger partial charge is 0.460 e. The first-order valence-electron chi connectivity index (χ1n) is 12.3. The Morgan fingerprint density at radius 2 is 1.17 bits per heavy atom. The van der Waals surface area contributed by atoms with E-state index in [2.05, 4.69) is 44.6 Å². The van der Waals surface area contributed by atoms with Crippen LogP contribution in [0, 0.1) is 23.7 Å². The van der Waals surface area contributed by atoms with Crippen molar-refractivity contribution < 1.29 is 29.0 Å². The standard InChI is InChI=1S/C13H22O2.C11H20O.C4H6O3.CH4/c1-9-6-7-12(10(2)8-9)13(4,5)15-11(3)14;1-8-5-6-10(9(2)7-8)11(3,4)12;1-3(5)7-4(2)6;/h8,10,12H,6-7H2,1-5H3;7,9-10,12H,5-6H2,1-4H3;1-2H3;1H4. The molecule has 1 N–H and O–H groups in total. The highest BCUT2D eigenvalue weighted by Crippen LogP contribution is 2.38. The minimum absolute atomic E-state index is 0. The summed E-state index contributed by atoms with van der Waals surface area (Å²) in [6.07, 6.45) is 9.13. The van der Waals surface area contributed by atoms with E-state index in [-0.39, 0.29) is 19.0 Å². The highest BCUT2D eigenvalue weighted by atomic mass is 16.6. The average molecular weight is 497 g/mol. The Morgan fingerprint density at radius 1 is 0.800 bits per heavy atom. The van der Waals surface area contributed by atoms with E-state index in [1.54, 1.807) is 0 Å². The molecule has 0 bridgehead atoms. The highest BCUT2D eigenvalue weighted by molar-refractivity contribution is 5.82. The third-order valence-corrected chi connectivity index (χ3v) is 6.56. The van der Waals surface area contributed by atoms with Crippen LogP contribution in [0.2, 0.25) is 0 Å². The van der Waals surface area contributed by atoms with Gasteiger partial charge in [-0.05, 0) is 85.0 Å². The number of hydrogen-bond donors (Lipinski definition) is 1. The van der Waals surface area contributed by atoms with Crippen molar-refractivity contribution in [1.82, 2.24) is 0 Å². The lowest BCUT2D eigenvalue weighted by Gasteiger charge is -2.39. The predicted octanol–water partition coefficient (Wildman–Crippen LogP) is 6.80. The Balaban J connectivity index is 0. The summed E-state index contributed by atoms with van der Waals surface area (Å²) in [5.41, 5.74) is 2.07. The van der Waals surface area contributed by atoms with Gasteiger partial charge in [0.1, 0.15) is 5.60 Å². The number of esters is 3. The van der Waals surface area contributed by atoms with Crippen molar-refractivity contribution in [2.45, 2.75) is 120 Å². The van der Waals surface area contributed by atoms with Crippen LogP contribution < -0.4 is 0 Å². The number of ether oxygens (including phenoxy) is 2. The summed E-state index contributed by atoms with van der Waals surface area (Å²) in [6, 6.07) is 0. The van der Waals surface area contributed by atoms with Gasteiger partial charge >= 0.3 is 17.9 Å². The molecule has 0 aliphatic heterocycles. The Morgan fingerprint density at radius 3 is 1.43 bits per heavy atom. The van der Waals surface area contributed by atoms with E-state index < -0.39 is 17.5 Å². The zero-order valence-corrected chi connectivity index (χ0v) is 23.3. The molecule has 2 aliphatic carbocycles. The summed E-state index contributed by atoms with van der Waals surface area (Å²) < 4.78 is 9.39. The highest BCUT2D eigenvalue weighted by Gasteiger charge is 2.37. The summed E-state index contributed by atoms with van der Waals surface area (Å²) >= 11 is 0. The van der Waals surface area contributed by atoms with Crippen molar-refractivity contribution in [1.29, 1.82) is 0 Å². The van der Waals surface area contributed by atoms with Crippen molar-refractivity contribution in [3.63, 3.8) is 0 Å². The average Bonchev–Trinajstić information content (AvgIpc) is 2.58. The van der Waals surface area contributed by atoms with Gasteiger partial charge < -0.3 is 14.6 Å². The number of aliphatic hydroxyl groups is 1. The summed E-state index contributed by atoms with van der Waals surface area (Å²) in [5, 5.41) is 9.87. The molecule has 6 nitrogen and oxygen atoms in total. The van der Waals surface area contributed by atoms with Gasteiger partial charge in [0, 0.05) is 26.7 Å². The minimum atomic E-state index is -0.562. The molecule has 0 saturated carbocycles. The number of rotatable bonds is 3. The van der Waals surface area contributed by atoms with E-state index in [1.165, 1.54) is 31.9 Å². The van der Waals surface area contributed by atoms with Crippen LogP contribution in [0.25, 0.3) is 0 Å². The van der Waals surface area contributed by atoms with Crippen molar-refractivity contribution in [2.24, 2.45) is 23.7 Å². The molecule has 4 unspecified atom stereocenters. The van der Waals surface area contributed by atoms with Crippen LogP contribution >= 0.6 is 0 Å². The number of carbonyl (C=O) groups is 3. The van der Waals surface area contributed by atoms with Crippen molar-refractivity contribution in [3.05, 3.63) is 23.3 Å². The normalized spacial score (nSPS) is 24.0. The second-order valence-corrected chi connectivity index (χ2v) is 11.0. The molecule has 6 heteroatoms. The van der Waals surface area contributed by atoms with Crippen LogP contribution in [0.3, 0.4) is 0 Å². The zero-order chi connectivity index (χ0) is 26.9. The smallest absolute Gasteiger partial charge is 0.310 e. The maximum Gasteiger partial charge on any atom is 0.310 e. The Bertz CT molecular complexity index is 742. The first kappa shape index (κ1) is 35.2. The monoisotopic (exact) mass is 496 g/mol. The predicted molar refractivity (Wildman–Crippen MR) is 143 cm³/mol. The van der Waals surface area contributed by atoms with Crippen LogP contribution in [0.1, 0.15) is 109 Å². The maximum atomic E-state index is 11.0. The fourth-order valence-electron chi connectivity index (χ4n) is 5.21. The molecule has 35 heavy (non-hydrogen) atoms. The summed E-state index contributed by atoms with van der Waals surface area (Å²) in [4.78, 5) is 30.7. The van der Waals surface area contributed by atoms with E-state index >= 15 is 0 Å². The van der Waals surface area contributed by atoms with E-state index in [1.807, 2.05) is 27.7 Å². The lowest BCUT2D eigenvalue weighted by atomic mass is 9.73. The molecule has 0 spiro atoms. The van der Waals surface area contributed by atoms with Crippen LogP contribution in [-0.2, 0) is 23.9 Å². The maximum absolute atomic E-state index is 11.0. The lowest BCUT2D eigenvalue weighted by Crippen LogP contribution is -2.40. The van der Waals surface area contributed by atoms with E-state index in [0.717, 1.165) is 25.7 Å². The molecule has 0 amide bonds. The zero-order valence-electron chi connectivity index (χ0n) is 23.3. The second kappa shape index (κ2) is 15.2. The van der Waals surface area contributed by atoms with Gasteiger partial charge in [0.05, 0.1) is 5.60 Å². The molecule has 0 aromatic heterocycles. The van der Waals surface area contributed by atoms with E-state index in [0.29, 0.717) is 23.7 Å². The van der Waals surface area contributed by atoms with Gasteiger partial charge in [-0.3, -0.25) is 14.4 Å². The summed E-state index contributed by atoms with van der Waals surface area (Å²) in [6.45, 7) is 20.5. The second-order valence-electron chi connectivity index (χ2n) is 11.0. The van der Waals surface area contributed by atoms with Crippen LogP contribution in [0.15, 0.2) is 23.3 Å². The SMILES string of the molecule is C.CC(=O)OC(C)(C)C1CCC(C)=CC1C.CC(=O)OC(C)=O.CC1=CC(C)C(C(C)(C)O)CC1. The Kier molecular flexibility index (Phi) is 15.3. The van der Waals surface area contributed by atoms with Crippen molar-refractivity contribution in [3.8, 4) is 0 Å². The lowest BCUT2D eigenvalue weighted by molar-refractivity contribution is -0.161. The molecular formula is C29H52O6. The molecule has 0 fully saturated rings. The Labute approximate surface area is 214 Å². The molecule has 0 heterocycles. The fourth-order valence-corrected chi connectivity index (χ4v) is 5.21. The number of carbonyl (C=O) groups excluding carboxylic acids is 3. The molecule has 0 radical (unpaired) electrons. The van der Waals surface area contributed by atoms with Crippen LogP contribution in [0.4, 0.5) is 0 Å². The first-order valence-corrected chi connectivity index (χ1v) is 12.3. The van der Waals surface area contributed by atoms with Gasteiger partial charge in [0.15, 0.2) is 0 Å². The van der Waals surface area contributed by atoms with Gasteiger partial charge in [-0.15, -0.1) is 0 Å². The molecule has 2 aliphatic rings. The van der Waals surface area contributed by atoms with Gasteiger partial charge in [0.25, 0.3) is 0 Å². The molecule has 0 aromatic rings. The van der Waals surface area contributed by atoms with Crippen molar-refractivity contribution in [2.75, 3.05) is 0 Å². The third kappa shape index (κ3) is 14.3. The van der Waals surface area contributed by atoms with Gasteiger partial charge in [0.2, 0.25) is 0 Å². The van der Waals surface area contributed by atoms with Gasteiger partial charge in [-0.2, -0.15) is 0 Å². The van der Waals surface area contributed by atoms with Gasteiger partial charge in [-0.25, -0.2) is 0 Å². The van der Waals surface area contributed by atoms with Crippen molar-refractivity contribution >= 4 is 17.9 Å². The molecule has 2 rings (SSSR count). The minimum Gasteiger partial charge on any atom is -0.460 e. The quantitative estimate of drug-likeness (QED) is 0.262. The molecule has 0 saturated heterocycles.